The van der Waals surface area contributed by atoms with Crippen LogP contribution in [-0.4, -0.2) is 23.1 Å². The third-order valence-corrected chi connectivity index (χ3v) is 3.09. The summed E-state index contributed by atoms with van der Waals surface area (Å²) in [4.78, 5) is 16.8. The maximum Gasteiger partial charge on any atom is 0.335 e. The van der Waals surface area contributed by atoms with E-state index in [1.807, 2.05) is 24.1 Å². The maximum absolute atomic E-state index is 11.0. The number of nitrogens with zero attached hydrogens (tertiary/aromatic N) is 2. The Kier molecular flexibility index (Phi) is 4.02. The first kappa shape index (κ1) is 13.4. The molecule has 0 spiro atoms. The summed E-state index contributed by atoms with van der Waals surface area (Å²) in [6, 6.07) is 8.49. The van der Waals surface area contributed by atoms with Gasteiger partial charge in [0.15, 0.2) is 0 Å². The molecule has 1 heterocycles. The molecule has 0 atom stereocenters. The average Bonchev–Trinajstić information content (AvgIpc) is 2.40. The highest BCUT2D eigenvalue weighted by Gasteiger charge is 2.11. The van der Waals surface area contributed by atoms with E-state index in [1.165, 1.54) is 6.07 Å². The van der Waals surface area contributed by atoms with Gasteiger partial charge in [-0.2, -0.15) is 0 Å². The predicted molar refractivity (Wildman–Crippen MR) is 74.8 cm³/mol. The molecule has 4 nitrogen and oxygen atoms in total. The lowest BCUT2D eigenvalue weighted by molar-refractivity contribution is 0.0697. The van der Waals surface area contributed by atoms with Gasteiger partial charge in [0, 0.05) is 26.0 Å². The number of aromatic nitrogens is 1. The smallest absolute Gasteiger partial charge is 0.335 e. The van der Waals surface area contributed by atoms with Gasteiger partial charge in [-0.05, 0) is 35.9 Å². The summed E-state index contributed by atoms with van der Waals surface area (Å²) in [5.41, 5.74) is 1.99. The minimum atomic E-state index is -0.963. The Labute approximate surface area is 116 Å². The van der Waals surface area contributed by atoms with Gasteiger partial charge in [-0.3, -0.25) is 4.98 Å². The maximum atomic E-state index is 11.0. The zero-order valence-corrected chi connectivity index (χ0v) is 11.1. The molecule has 0 radical (unpaired) electrons. The van der Waals surface area contributed by atoms with E-state index < -0.39 is 5.97 Å². The van der Waals surface area contributed by atoms with Crippen molar-refractivity contribution < 1.29 is 9.90 Å². The Morgan fingerprint density at radius 1 is 1.32 bits per heavy atom. The number of hydrogen-bond acceptors (Lipinski definition) is 3. The number of rotatable bonds is 4. The molecule has 1 N–H and O–H groups in total. The van der Waals surface area contributed by atoms with Crippen LogP contribution in [0.15, 0.2) is 42.7 Å². The van der Waals surface area contributed by atoms with Crippen LogP contribution in [0.3, 0.4) is 0 Å². The zero-order valence-electron chi connectivity index (χ0n) is 10.4. The highest BCUT2D eigenvalue weighted by Crippen LogP contribution is 2.27. The van der Waals surface area contributed by atoms with Gasteiger partial charge in [-0.25, -0.2) is 4.79 Å². The van der Waals surface area contributed by atoms with Crippen LogP contribution in [0.2, 0.25) is 5.02 Å². The molecule has 0 aliphatic rings. The molecule has 5 heteroatoms. The molecular weight excluding hydrogens is 264 g/mol. The molecule has 98 valence electrons. The van der Waals surface area contributed by atoms with Crippen molar-refractivity contribution in [1.29, 1.82) is 0 Å². The van der Waals surface area contributed by atoms with Gasteiger partial charge >= 0.3 is 5.97 Å². The molecule has 0 aliphatic heterocycles. The van der Waals surface area contributed by atoms with Crippen molar-refractivity contribution in [1.82, 2.24) is 4.98 Å². The van der Waals surface area contributed by atoms with Gasteiger partial charge in [-0.1, -0.05) is 11.6 Å². The Balaban J connectivity index is 2.25. The van der Waals surface area contributed by atoms with Crippen LogP contribution >= 0.6 is 11.6 Å². The second-order valence-electron chi connectivity index (χ2n) is 4.18. The van der Waals surface area contributed by atoms with Gasteiger partial charge < -0.3 is 10.0 Å². The SMILES string of the molecule is CN(Cc1ccncc1)c1cc(C(=O)O)ccc1Cl. The van der Waals surface area contributed by atoms with E-state index in [1.54, 1.807) is 24.5 Å². The van der Waals surface area contributed by atoms with Crippen molar-refractivity contribution in [2.24, 2.45) is 0 Å². The molecule has 0 unspecified atom stereocenters. The van der Waals surface area contributed by atoms with Gasteiger partial charge in [-0.15, -0.1) is 0 Å². The van der Waals surface area contributed by atoms with Gasteiger partial charge in [0.05, 0.1) is 16.3 Å². The molecule has 0 amide bonds. The van der Waals surface area contributed by atoms with E-state index >= 15 is 0 Å². The lowest BCUT2D eigenvalue weighted by Gasteiger charge is -2.21. The Bertz CT molecular complexity index is 587. The van der Waals surface area contributed by atoms with Gasteiger partial charge in [0.2, 0.25) is 0 Å². The molecule has 1 aromatic carbocycles. The van der Waals surface area contributed by atoms with E-state index in [9.17, 15) is 4.79 Å². The van der Waals surface area contributed by atoms with E-state index in [0.717, 1.165) is 5.56 Å². The lowest BCUT2D eigenvalue weighted by Crippen LogP contribution is -2.17. The predicted octanol–water partition coefficient (Wildman–Crippen LogP) is 3.07. The molecule has 0 bridgehead atoms. The summed E-state index contributed by atoms with van der Waals surface area (Å²) in [5, 5.41) is 9.53. The Hall–Kier alpha value is -2.07. The van der Waals surface area contributed by atoms with Crippen molar-refractivity contribution >= 4 is 23.3 Å². The number of carbonyl (C=O) groups is 1. The van der Waals surface area contributed by atoms with E-state index in [-0.39, 0.29) is 5.56 Å². The summed E-state index contributed by atoms with van der Waals surface area (Å²) in [6.07, 6.45) is 3.44. The first-order chi connectivity index (χ1) is 9.08. The molecule has 1 aromatic heterocycles. The fraction of sp³-hybridized carbons (Fsp3) is 0.143. The number of aromatic carboxylic acids is 1. The molecule has 0 fully saturated rings. The second-order valence-corrected chi connectivity index (χ2v) is 4.59. The monoisotopic (exact) mass is 276 g/mol. The summed E-state index contributed by atoms with van der Waals surface area (Å²) in [6.45, 7) is 0.630. The molecule has 0 aliphatic carbocycles. The third kappa shape index (κ3) is 3.23. The number of pyridine rings is 1. The van der Waals surface area contributed by atoms with Crippen LogP contribution in [0.1, 0.15) is 15.9 Å². The second kappa shape index (κ2) is 5.71. The summed E-state index contributed by atoms with van der Waals surface area (Å²) >= 11 is 6.12. The first-order valence-corrected chi connectivity index (χ1v) is 6.08. The quantitative estimate of drug-likeness (QED) is 0.932. The van der Waals surface area contributed by atoms with Crippen LogP contribution < -0.4 is 4.90 Å². The number of anilines is 1. The van der Waals surface area contributed by atoms with E-state index in [4.69, 9.17) is 16.7 Å². The lowest BCUT2D eigenvalue weighted by atomic mass is 10.1. The van der Waals surface area contributed by atoms with Crippen LogP contribution in [0.25, 0.3) is 0 Å². The number of carboxylic acid groups (broad SMARTS) is 1. The summed E-state index contributed by atoms with van der Waals surface area (Å²) < 4.78 is 0. The Morgan fingerprint density at radius 3 is 2.63 bits per heavy atom. The van der Waals surface area contributed by atoms with Crippen molar-refractivity contribution in [3.05, 3.63) is 58.9 Å². The molecule has 2 rings (SSSR count). The van der Waals surface area contributed by atoms with Crippen molar-refractivity contribution in [3.63, 3.8) is 0 Å². The average molecular weight is 277 g/mol. The van der Waals surface area contributed by atoms with E-state index in [2.05, 4.69) is 4.98 Å². The standard InChI is InChI=1S/C14H13ClN2O2/c1-17(9-10-4-6-16-7-5-10)13-8-11(14(18)19)2-3-12(13)15/h2-8H,9H2,1H3,(H,18,19). The van der Waals surface area contributed by atoms with Crippen LogP contribution in [-0.2, 0) is 6.54 Å². The molecule has 0 saturated carbocycles. The minimum Gasteiger partial charge on any atom is -0.478 e. The van der Waals surface area contributed by atoms with Gasteiger partial charge in [0.1, 0.15) is 0 Å². The fourth-order valence-corrected chi connectivity index (χ4v) is 2.05. The first-order valence-electron chi connectivity index (χ1n) is 5.71. The van der Waals surface area contributed by atoms with Crippen molar-refractivity contribution in [2.45, 2.75) is 6.54 Å². The topological polar surface area (TPSA) is 53.4 Å². The minimum absolute atomic E-state index is 0.223. The van der Waals surface area contributed by atoms with Crippen LogP contribution in [0.4, 0.5) is 5.69 Å². The number of halogens is 1. The number of hydrogen-bond donors (Lipinski definition) is 1. The summed E-state index contributed by atoms with van der Waals surface area (Å²) in [5.74, 6) is -0.963. The van der Waals surface area contributed by atoms with Crippen LogP contribution in [0.5, 0.6) is 0 Å². The largest absolute Gasteiger partial charge is 0.478 e. The molecular formula is C14H13ClN2O2. The Morgan fingerprint density at radius 2 is 2.00 bits per heavy atom. The van der Waals surface area contributed by atoms with Crippen molar-refractivity contribution in [2.75, 3.05) is 11.9 Å². The number of carboxylic acids is 1. The fourth-order valence-electron chi connectivity index (χ4n) is 1.79. The highest BCUT2D eigenvalue weighted by atomic mass is 35.5. The van der Waals surface area contributed by atoms with Crippen molar-refractivity contribution in [3.8, 4) is 0 Å². The molecule has 2 aromatic rings. The van der Waals surface area contributed by atoms with E-state index in [0.29, 0.717) is 17.3 Å². The zero-order chi connectivity index (χ0) is 13.8. The van der Waals surface area contributed by atoms with Gasteiger partial charge in [0.25, 0.3) is 0 Å². The third-order valence-electron chi connectivity index (χ3n) is 2.77. The molecule has 0 saturated heterocycles. The molecule has 19 heavy (non-hydrogen) atoms. The normalized spacial score (nSPS) is 10.2. The number of benzene rings is 1. The highest BCUT2D eigenvalue weighted by molar-refractivity contribution is 6.33. The summed E-state index contributed by atoms with van der Waals surface area (Å²) in [7, 11) is 1.87. The van der Waals surface area contributed by atoms with Crippen LogP contribution in [0, 0.1) is 0 Å².